The smallest absolute Gasteiger partial charge is 0.303 e. The van der Waals surface area contributed by atoms with Crippen molar-refractivity contribution < 1.29 is 19.6 Å². The fraction of sp³-hybridized carbons (Fsp3) is 0.833. The summed E-state index contributed by atoms with van der Waals surface area (Å²) in [6.07, 6.45) is 15.8. The normalized spacial score (nSPS) is 11.6. The van der Waals surface area contributed by atoms with Crippen molar-refractivity contribution >= 4 is 6.29 Å². The molecule has 0 aliphatic carbocycles. The lowest BCUT2D eigenvalue weighted by atomic mass is 10.0. The number of nitrogens with zero attached hydrogens (tertiary/aromatic N) is 3. The van der Waals surface area contributed by atoms with E-state index in [2.05, 4.69) is 12.2 Å². The second kappa shape index (κ2) is 15.6. The SMILES string of the molecule is O=CCCCC/C=C\CCCCCCCCCCC([N+](=O)[O-])([N+](=O)[O-])[N+](=O)[O-]. The molecule has 28 heavy (non-hydrogen) atoms. The summed E-state index contributed by atoms with van der Waals surface area (Å²) in [7, 11) is 0. The van der Waals surface area contributed by atoms with Crippen LogP contribution in [-0.4, -0.2) is 26.8 Å². The van der Waals surface area contributed by atoms with Gasteiger partial charge in [-0.05, 0) is 38.5 Å². The Kier molecular flexibility index (Phi) is 14.3. The van der Waals surface area contributed by atoms with Gasteiger partial charge >= 0.3 is 5.79 Å². The molecule has 0 amide bonds. The minimum Gasteiger partial charge on any atom is -0.303 e. The Morgan fingerprint density at radius 3 is 1.36 bits per heavy atom. The van der Waals surface area contributed by atoms with Gasteiger partial charge in [-0.1, -0.05) is 50.7 Å². The van der Waals surface area contributed by atoms with Gasteiger partial charge in [-0.2, -0.15) is 0 Å². The van der Waals surface area contributed by atoms with Gasteiger partial charge in [-0.3, -0.25) is 30.3 Å². The van der Waals surface area contributed by atoms with E-state index in [-0.39, 0.29) is 6.42 Å². The quantitative estimate of drug-likeness (QED) is 0.0761. The first-order valence-electron chi connectivity index (χ1n) is 9.91. The fourth-order valence-electron chi connectivity index (χ4n) is 2.88. The molecule has 0 radical (unpaired) electrons. The zero-order valence-corrected chi connectivity index (χ0v) is 16.3. The molecule has 0 bridgehead atoms. The summed E-state index contributed by atoms with van der Waals surface area (Å²) in [5, 5.41) is 32.4. The van der Waals surface area contributed by atoms with Crippen LogP contribution in [0.1, 0.15) is 89.9 Å². The largest absolute Gasteiger partial charge is 0.699 e. The van der Waals surface area contributed by atoms with Crippen LogP contribution in [0.5, 0.6) is 0 Å². The monoisotopic (exact) mass is 401 g/mol. The molecular weight excluding hydrogens is 370 g/mol. The van der Waals surface area contributed by atoms with Crippen molar-refractivity contribution in [3.8, 4) is 0 Å². The number of rotatable bonds is 19. The Morgan fingerprint density at radius 2 is 0.929 bits per heavy atom. The first-order chi connectivity index (χ1) is 13.4. The molecule has 0 aliphatic heterocycles. The van der Waals surface area contributed by atoms with Crippen LogP contribution in [0.4, 0.5) is 0 Å². The highest BCUT2D eigenvalue weighted by molar-refractivity contribution is 5.48. The number of allylic oxidation sites excluding steroid dienone is 2. The van der Waals surface area contributed by atoms with Crippen molar-refractivity contribution in [3.63, 3.8) is 0 Å². The molecule has 0 aliphatic rings. The van der Waals surface area contributed by atoms with Gasteiger partial charge in [0.1, 0.15) is 6.29 Å². The standard InChI is InChI=1S/C18H31N3O7/c22-17-15-13-11-9-7-5-3-1-2-4-6-8-10-12-14-16-18(19(23)24,20(25)26)21(27)28/h5,7,17H,1-4,6,8-16H2/b7-5-. The lowest BCUT2D eigenvalue weighted by Gasteiger charge is -2.08. The molecule has 0 atom stereocenters. The minimum atomic E-state index is -3.32. The third-order valence-electron chi connectivity index (χ3n) is 4.62. The molecule has 10 heteroatoms. The molecule has 10 nitrogen and oxygen atoms in total. The first kappa shape index (κ1) is 25.6. The van der Waals surface area contributed by atoms with E-state index < -0.39 is 27.0 Å². The van der Waals surface area contributed by atoms with Crippen molar-refractivity contribution in [2.45, 2.75) is 95.7 Å². The maximum absolute atomic E-state index is 10.8. The van der Waals surface area contributed by atoms with Crippen LogP contribution in [-0.2, 0) is 4.79 Å². The van der Waals surface area contributed by atoms with Gasteiger partial charge in [0.15, 0.2) is 21.2 Å². The van der Waals surface area contributed by atoms with Crippen LogP contribution in [0.25, 0.3) is 0 Å². The van der Waals surface area contributed by atoms with E-state index in [1.165, 1.54) is 0 Å². The van der Waals surface area contributed by atoms with E-state index in [4.69, 9.17) is 0 Å². The summed E-state index contributed by atoms with van der Waals surface area (Å²) >= 11 is 0. The zero-order chi connectivity index (χ0) is 21.3. The van der Waals surface area contributed by atoms with Crippen molar-refractivity contribution in [2.75, 3.05) is 0 Å². The van der Waals surface area contributed by atoms with Gasteiger partial charge < -0.3 is 4.79 Å². The van der Waals surface area contributed by atoms with Gasteiger partial charge in [0, 0.05) is 6.42 Å². The van der Waals surface area contributed by atoms with Crippen LogP contribution < -0.4 is 0 Å². The van der Waals surface area contributed by atoms with E-state index in [0.29, 0.717) is 12.8 Å². The molecule has 0 N–H and O–H groups in total. The van der Waals surface area contributed by atoms with Gasteiger partial charge in [0.25, 0.3) is 0 Å². The van der Waals surface area contributed by atoms with Gasteiger partial charge in [-0.25, -0.2) is 0 Å². The highest BCUT2D eigenvalue weighted by Crippen LogP contribution is 2.21. The third-order valence-corrected chi connectivity index (χ3v) is 4.62. The van der Waals surface area contributed by atoms with Crippen LogP contribution in [0.2, 0.25) is 0 Å². The molecule has 0 fully saturated rings. The molecule has 0 spiro atoms. The maximum atomic E-state index is 10.8. The number of hydrogen-bond acceptors (Lipinski definition) is 7. The van der Waals surface area contributed by atoms with Gasteiger partial charge in [0.05, 0.1) is 0 Å². The van der Waals surface area contributed by atoms with Crippen molar-refractivity contribution in [1.82, 2.24) is 0 Å². The Labute approximate surface area is 164 Å². The Balaban J connectivity index is 3.68. The van der Waals surface area contributed by atoms with Crippen LogP contribution in [0.3, 0.4) is 0 Å². The lowest BCUT2D eigenvalue weighted by molar-refractivity contribution is -0.970. The second-order valence-electron chi connectivity index (χ2n) is 6.84. The first-order valence-corrected chi connectivity index (χ1v) is 9.91. The third kappa shape index (κ3) is 10.1. The topological polar surface area (TPSA) is 146 Å². The maximum Gasteiger partial charge on any atom is 0.699 e. The molecule has 0 aromatic carbocycles. The highest BCUT2D eigenvalue weighted by atomic mass is 16.7. The molecule has 0 saturated carbocycles. The summed E-state index contributed by atoms with van der Waals surface area (Å²) in [5.41, 5.74) is 0. The lowest BCUT2D eigenvalue weighted by Crippen LogP contribution is -2.53. The van der Waals surface area contributed by atoms with Gasteiger partial charge in [-0.15, -0.1) is 0 Å². The Hall–Kier alpha value is -2.39. The van der Waals surface area contributed by atoms with E-state index in [1.807, 2.05) is 0 Å². The number of nitro groups is 3. The van der Waals surface area contributed by atoms with Crippen LogP contribution in [0.15, 0.2) is 12.2 Å². The average molecular weight is 401 g/mol. The Bertz CT molecular complexity index is 487. The second-order valence-corrected chi connectivity index (χ2v) is 6.84. The van der Waals surface area contributed by atoms with Crippen molar-refractivity contribution in [3.05, 3.63) is 42.5 Å². The zero-order valence-electron chi connectivity index (χ0n) is 16.3. The average Bonchev–Trinajstić information content (AvgIpc) is 2.63. The molecule has 0 saturated heterocycles. The summed E-state index contributed by atoms with van der Waals surface area (Å²) < 4.78 is 0. The number of hydrogen-bond donors (Lipinski definition) is 0. The number of aldehydes is 1. The van der Waals surface area contributed by atoms with E-state index >= 15 is 0 Å². The van der Waals surface area contributed by atoms with E-state index in [9.17, 15) is 35.1 Å². The molecule has 0 unspecified atom stereocenters. The minimum absolute atomic E-state index is 0.0839. The number of unbranched alkanes of at least 4 members (excludes halogenated alkanes) is 11. The predicted octanol–water partition coefficient (Wildman–Crippen LogP) is 4.69. The molecule has 0 aromatic rings. The van der Waals surface area contributed by atoms with Crippen LogP contribution in [0, 0.1) is 30.3 Å². The summed E-state index contributed by atoms with van der Waals surface area (Å²) in [6, 6.07) is 0. The fourth-order valence-corrected chi connectivity index (χ4v) is 2.88. The molecule has 0 aromatic heterocycles. The van der Waals surface area contributed by atoms with Gasteiger partial charge in [0.2, 0.25) is 0 Å². The van der Waals surface area contributed by atoms with Crippen LogP contribution >= 0.6 is 0 Å². The van der Waals surface area contributed by atoms with Crippen molar-refractivity contribution in [2.24, 2.45) is 0 Å². The highest BCUT2D eigenvalue weighted by Gasteiger charge is 2.69. The molecule has 0 rings (SSSR count). The number of carbonyl (C=O) groups is 1. The number of carbonyl (C=O) groups excluding carboxylic acids is 1. The summed E-state index contributed by atoms with van der Waals surface area (Å²) in [5.74, 6) is -3.32. The summed E-state index contributed by atoms with van der Waals surface area (Å²) in [6.45, 7) is 0. The Morgan fingerprint density at radius 1 is 0.571 bits per heavy atom. The summed E-state index contributed by atoms with van der Waals surface area (Å²) in [4.78, 5) is 38.3. The molecule has 0 heterocycles. The molecule has 160 valence electrons. The van der Waals surface area contributed by atoms with E-state index in [0.717, 1.165) is 70.5 Å². The predicted molar refractivity (Wildman–Crippen MR) is 104 cm³/mol. The molecular formula is C18H31N3O7. The van der Waals surface area contributed by atoms with Crippen molar-refractivity contribution in [1.29, 1.82) is 0 Å². The van der Waals surface area contributed by atoms with E-state index in [1.54, 1.807) is 0 Å².